The van der Waals surface area contributed by atoms with Gasteiger partial charge in [-0.2, -0.15) is 13.2 Å². The highest BCUT2D eigenvalue weighted by Crippen LogP contribution is 2.22. The van der Waals surface area contributed by atoms with Crippen molar-refractivity contribution in [2.45, 2.75) is 64.6 Å². The predicted molar refractivity (Wildman–Crippen MR) is 76.8 cm³/mol. The molecule has 1 saturated heterocycles. The van der Waals surface area contributed by atoms with E-state index in [2.05, 4.69) is 19.2 Å². The van der Waals surface area contributed by atoms with Crippen LogP contribution in [-0.4, -0.2) is 43.3 Å². The Balaban J connectivity index is 2.08. The number of likely N-dealkylation sites (tertiary alicyclic amines) is 1. The highest BCUT2D eigenvalue weighted by atomic mass is 19.4. The van der Waals surface area contributed by atoms with Crippen molar-refractivity contribution in [1.29, 1.82) is 0 Å². The Hall–Kier alpha value is -0.290. The molecular formula is C15H29F3N2. The van der Waals surface area contributed by atoms with Gasteiger partial charge in [-0.15, -0.1) is 0 Å². The number of hydrogen-bond acceptors (Lipinski definition) is 2. The third-order valence-electron chi connectivity index (χ3n) is 4.02. The first-order chi connectivity index (χ1) is 9.40. The van der Waals surface area contributed by atoms with Crippen LogP contribution in [0.3, 0.4) is 0 Å². The SMILES string of the molecule is CCCCCCC(C)NCC1CCN(CC(F)(F)F)C1. The highest BCUT2D eigenvalue weighted by Gasteiger charge is 2.34. The van der Waals surface area contributed by atoms with Crippen LogP contribution in [-0.2, 0) is 0 Å². The Bertz CT molecular complexity index is 256. The maximum absolute atomic E-state index is 12.3. The Labute approximate surface area is 121 Å². The molecule has 1 heterocycles. The summed E-state index contributed by atoms with van der Waals surface area (Å²) in [6, 6.07) is 0.475. The summed E-state index contributed by atoms with van der Waals surface area (Å²) in [5.74, 6) is 0.371. The third kappa shape index (κ3) is 8.10. The smallest absolute Gasteiger partial charge is 0.314 e. The molecule has 1 N–H and O–H groups in total. The molecular weight excluding hydrogens is 265 g/mol. The van der Waals surface area contributed by atoms with E-state index in [1.165, 1.54) is 37.0 Å². The molecule has 20 heavy (non-hydrogen) atoms. The largest absolute Gasteiger partial charge is 0.401 e. The van der Waals surface area contributed by atoms with Gasteiger partial charge < -0.3 is 5.32 Å². The minimum absolute atomic E-state index is 0.371. The molecule has 0 aliphatic carbocycles. The van der Waals surface area contributed by atoms with Crippen molar-refractivity contribution >= 4 is 0 Å². The molecule has 0 spiro atoms. The molecule has 0 aromatic carbocycles. The standard InChI is InChI=1S/C15H29F3N2/c1-3-4-5-6-7-13(2)19-10-14-8-9-20(11-14)12-15(16,17)18/h13-14,19H,3-12H2,1-2H3. The summed E-state index contributed by atoms with van der Waals surface area (Å²) in [5, 5.41) is 3.48. The molecule has 2 atom stereocenters. The second-order valence-electron chi connectivity index (χ2n) is 6.16. The van der Waals surface area contributed by atoms with Crippen LogP contribution in [0.2, 0.25) is 0 Å². The van der Waals surface area contributed by atoms with E-state index in [4.69, 9.17) is 0 Å². The first-order valence-corrected chi connectivity index (χ1v) is 7.93. The van der Waals surface area contributed by atoms with Crippen molar-refractivity contribution in [1.82, 2.24) is 10.2 Å². The van der Waals surface area contributed by atoms with E-state index in [1.54, 1.807) is 0 Å². The van der Waals surface area contributed by atoms with Crippen molar-refractivity contribution in [2.24, 2.45) is 5.92 Å². The topological polar surface area (TPSA) is 15.3 Å². The van der Waals surface area contributed by atoms with Gasteiger partial charge in [-0.3, -0.25) is 4.90 Å². The molecule has 2 unspecified atom stereocenters. The van der Waals surface area contributed by atoms with Crippen LogP contribution < -0.4 is 5.32 Å². The lowest BCUT2D eigenvalue weighted by atomic mass is 10.1. The number of alkyl halides is 3. The molecule has 0 saturated carbocycles. The fourth-order valence-corrected chi connectivity index (χ4v) is 2.82. The Morgan fingerprint density at radius 3 is 2.65 bits per heavy atom. The van der Waals surface area contributed by atoms with Crippen molar-refractivity contribution in [2.75, 3.05) is 26.2 Å². The van der Waals surface area contributed by atoms with E-state index < -0.39 is 12.7 Å². The average Bonchev–Trinajstić information content (AvgIpc) is 2.77. The van der Waals surface area contributed by atoms with Crippen LogP contribution in [0.4, 0.5) is 13.2 Å². The zero-order chi connectivity index (χ0) is 15.0. The summed E-state index contributed by atoms with van der Waals surface area (Å²) in [6.45, 7) is 5.63. The zero-order valence-electron chi connectivity index (χ0n) is 12.8. The molecule has 0 aromatic rings. The predicted octanol–water partition coefficient (Wildman–Crippen LogP) is 3.82. The summed E-state index contributed by atoms with van der Waals surface area (Å²) in [5.41, 5.74) is 0. The minimum Gasteiger partial charge on any atom is -0.314 e. The number of unbranched alkanes of at least 4 members (excludes halogenated alkanes) is 3. The molecule has 1 rings (SSSR count). The Morgan fingerprint density at radius 1 is 1.25 bits per heavy atom. The summed E-state index contributed by atoms with van der Waals surface area (Å²) >= 11 is 0. The maximum atomic E-state index is 12.3. The highest BCUT2D eigenvalue weighted by molar-refractivity contribution is 4.79. The molecule has 1 fully saturated rings. The van der Waals surface area contributed by atoms with Crippen LogP contribution in [0.15, 0.2) is 0 Å². The normalized spacial score (nSPS) is 22.4. The summed E-state index contributed by atoms with van der Waals surface area (Å²) in [4.78, 5) is 1.53. The number of halogens is 3. The number of nitrogens with one attached hydrogen (secondary N) is 1. The summed E-state index contributed by atoms with van der Waals surface area (Å²) in [6.07, 6.45) is 3.05. The van der Waals surface area contributed by atoms with Crippen molar-refractivity contribution in [3.05, 3.63) is 0 Å². The van der Waals surface area contributed by atoms with Gasteiger partial charge in [-0.25, -0.2) is 0 Å². The van der Waals surface area contributed by atoms with Crippen LogP contribution in [0.5, 0.6) is 0 Å². The van der Waals surface area contributed by atoms with Gasteiger partial charge in [0.2, 0.25) is 0 Å². The van der Waals surface area contributed by atoms with Crippen LogP contribution in [0.25, 0.3) is 0 Å². The lowest BCUT2D eigenvalue weighted by molar-refractivity contribution is -0.143. The van der Waals surface area contributed by atoms with Gasteiger partial charge in [0.1, 0.15) is 0 Å². The molecule has 1 aliphatic rings. The number of hydrogen-bond donors (Lipinski definition) is 1. The van der Waals surface area contributed by atoms with Crippen LogP contribution in [0.1, 0.15) is 52.4 Å². The second-order valence-corrected chi connectivity index (χ2v) is 6.16. The molecule has 0 radical (unpaired) electrons. The Kier molecular flexibility index (Phi) is 7.88. The van der Waals surface area contributed by atoms with Gasteiger partial charge in [0, 0.05) is 12.6 Å². The van der Waals surface area contributed by atoms with E-state index in [1.807, 2.05) is 0 Å². The second kappa shape index (κ2) is 8.88. The molecule has 2 nitrogen and oxygen atoms in total. The van der Waals surface area contributed by atoms with E-state index in [0.29, 0.717) is 25.0 Å². The lowest BCUT2D eigenvalue weighted by Crippen LogP contribution is -2.35. The molecule has 0 amide bonds. The number of rotatable bonds is 9. The monoisotopic (exact) mass is 294 g/mol. The molecule has 5 heteroatoms. The fourth-order valence-electron chi connectivity index (χ4n) is 2.82. The zero-order valence-corrected chi connectivity index (χ0v) is 12.8. The molecule has 120 valence electrons. The van der Waals surface area contributed by atoms with Gasteiger partial charge in [0.05, 0.1) is 6.54 Å². The van der Waals surface area contributed by atoms with E-state index >= 15 is 0 Å². The van der Waals surface area contributed by atoms with Gasteiger partial charge in [-0.05, 0) is 38.8 Å². The maximum Gasteiger partial charge on any atom is 0.401 e. The average molecular weight is 294 g/mol. The molecule has 0 bridgehead atoms. The molecule has 0 aromatic heterocycles. The van der Waals surface area contributed by atoms with Crippen molar-refractivity contribution < 1.29 is 13.2 Å². The lowest BCUT2D eigenvalue weighted by Gasteiger charge is -2.19. The first kappa shape index (κ1) is 17.8. The van der Waals surface area contributed by atoms with E-state index in [9.17, 15) is 13.2 Å². The third-order valence-corrected chi connectivity index (χ3v) is 4.02. The van der Waals surface area contributed by atoms with Crippen LogP contribution >= 0.6 is 0 Å². The van der Waals surface area contributed by atoms with Crippen molar-refractivity contribution in [3.8, 4) is 0 Å². The summed E-state index contributed by atoms with van der Waals surface area (Å²) in [7, 11) is 0. The van der Waals surface area contributed by atoms with Crippen LogP contribution in [0, 0.1) is 5.92 Å². The van der Waals surface area contributed by atoms with Gasteiger partial charge in [-0.1, -0.05) is 32.6 Å². The molecule has 1 aliphatic heterocycles. The first-order valence-electron chi connectivity index (χ1n) is 7.93. The quantitative estimate of drug-likeness (QED) is 0.650. The van der Waals surface area contributed by atoms with E-state index in [-0.39, 0.29) is 0 Å². The van der Waals surface area contributed by atoms with Gasteiger partial charge >= 0.3 is 6.18 Å². The number of nitrogens with zero attached hydrogens (tertiary/aromatic N) is 1. The fraction of sp³-hybridized carbons (Fsp3) is 1.00. The van der Waals surface area contributed by atoms with Crippen molar-refractivity contribution in [3.63, 3.8) is 0 Å². The Morgan fingerprint density at radius 2 is 2.00 bits per heavy atom. The summed E-state index contributed by atoms with van der Waals surface area (Å²) < 4.78 is 36.9. The van der Waals surface area contributed by atoms with Gasteiger partial charge in [0.15, 0.2) is 0 Å². The van der Waals surface area contributed by atoms with Gasteiger partial charge in [0.25, 0.3) is 0 Å². The minimum atomic E-state index is -4.06. The van der Waals surface area contributed by atoms with E-state index in [0.717, 1.165) is 13.0 Å².